The highest BCUT2D eigenvalue weighted by molar-refractivity contribution is 5.85. The molecule has 0 aromatic carbocycles. The Bertz CT molecular complexity index is 134. The van der Waals surface area contributed by atoms with Gasteiger partial charge in [-0.2, -0.15) is 0 Å². The molecule has 2 saturated heterocycles. The number of nitrogens with one attached hydrogen (secondary N) is 1. The predicted octanol–water partition coefficient (Wildman–Crippen LogP) is 0.966. The van der Waals surface area contributed by atoms with E-state index in [0.717, 1.165) is 39.1 Å². The molecule has 2 aliphatic rings. The van der Waals surface area contributed by atoms with E-state index in [1.54, 1.807) is 0 Å². The topological polar surface area (TPSA) is 30.5 Å². The van der Waals surface area contributed by atoms with Gasteiger partial charge < -0.3 is 14.8 Å². The average molecular weight is 208 g/mol. The molecule has 1 unspecified atom stereocenters. The van der Waals surface area contributed by atoms with E-state index in [1.807, 2.05) is 0 Å². The molecular formula is C9H18ClNO2. The first-order chi connectivity index (χ1) is 5.95. The Labute approximate surface area is 85.6 Å². The standard InChI is InChI=1S/C9H17NO2.ClH/c1-4-10-7-9(1)12-8-2-5-11-6-3-8;/h8-10H,1-7H2;1H. The molecule has 0 aliphatic carbocycles. The summed E-state index contributed by atoms with van der Waals surface area (Å²) in [6.07, 6.45) is 4.27. The maximum atomic E-state index is 5.91. The summed E-state index contributed by atoms with van der Waals surface area (Å²) in [4.78, 5) is 0. The maximum Gasteiger partial charge on any atom is 0.0715 e. The molecule has 0 saturated carbocycles. The molecule has 13 heavy (non-hydrogen) atoms. The van der Waals surface area contributed by atoms with Crippen LogP contribution in [0, 0.1) is 0 Å². The summed E-state index contributed by atoms with van der Waals surface area (Å²) in [7, 11) is 0. The molecule has 2 fully saturated rings. The Morgan fingerprint density at radius 1 is 1.08 bits per heavy atom. The second-order valence-corrected chi connectivity index (χ2v) is 3.56. The van der Waals surface area contributed by atoms with Crippen molar-refractivity contribution in [2.75, 3.05) is 26.3 Å². The van der Waals surface area contributed by atoms with E-state index in [9.17, 15) is 0 Å². The van der Waals surface area contributed by atoms with Crippen LogP contribution >= 0.6 is 12.4 Å². The van der Waals surface area contributed by atoms with Crippen LogP contribution in [0.3, 0.4) is 0 Å². The molecule has 2 rings (SSSR count). The van der Waals surface area contributed by atoms with Crippen LogP contribution in [0.5, 0.6) is 0 Å². The van der Waals surface area contributed by atoms with Crippen molar-refractivity contribution in [3.8, 4) is 0 Å². The van der Waals surface area contributed by atoms with Gasteiger partial charge in [-0.1, -0.05) is 0 Å². The first kappa shape index (κ1) is 11.2. The van der Waals surface area contributed by atoms with Gasteiger partial charge in [-0.25, -0.2) is 0 Å². The number of rotatable bonds is 2. The van der Waals surface area contributed by atoms with Crippen molar-refractivity contribution in [2.24, 2.45) is 0 Å². The number of hydrogen-bond acceptors (Lipinski definition) is 3. The zero-order valence-corrected chi connectivity index (χ0v) is 8.65. The van der Waals surface area contributed by atoms with Gasteiger partial charge in [0.25, 0.3) is 0 Å². The molecule has 2 heterocycles. The smallest absolute Gasteiger partial charge is 0.0715 e. The Kier molecular flexibility index (Phi) is 5.02. The SMILES string of the molecule is C1CC(OC2CCOCC2)CN1.Cl. The largest absolute Gasteiger partial charge is 0.381 e. The van der Waals surface area contributed by atoms with Crippen molar-refractivity contribution in [2.45, 2.75) is 31.5 Å². The van der Waals surface area contributed by atoms with E-state index < -0.39 is 0 Å². The van der Waals surface area contributed by atoms with Crippen LogP contribution < -0.4 is 5.32 Å². The minimum absolute atomic E-state index is 0. The Balaban J connectivity index is 0.000000845. The van der Waals surface area contributed by atoms with Crippen LogP contribution in [0.15, 0.2) is 0 Å². The zero-order valence-electron chi connectivity index (χ0n) is 7.83. The van der Waals surface area contributed by atoms with Crippen LogP contribution in [0.2, 0.25) is 0 Å². The fourth-order valence-electron chi connectivity index (χ4n) is 1.83. The van der Waals surface area contributed by atoms with Gasteiger partial charge in [0.2, 0.25) is 0 Å². The molecule has 0 radical (unpaired) electrons. The zero-order chi connectivity index (χ0) is 8.23. The third-order valence-electron chi connectivity index (χ3n) is 2.57. The molecular weight excluding hydrogens is 190 g/mol. The van der Waals surface area contributed by atoms with Crippen molar-refractivity contribution in [3.63, 3.8) is 0 Å². The van der Waals surface area contributed by atoms with E-state index in [-0.39, 0.29) is 12.4 Å². The van der Waals surface area contributed by atoms with Crippen LogP contribution in [-0.4, -0.2) is 38.5 Å². The van der Waals surface area contributed by atoms with Crippen LogP contribution in [0.1, 0.15) is 19.3 Å². The van der Waals surface area contributed by atoms with Gasteiger partial charge in [-0.15, -0.1) is 12.4 Å². The lowest BCUT2D eigenvalue weighted by atomic mass is 10.1. The van der Waals surface area contributed by atoms with Crippen LogP contribution in [0.4, 0.5) is 0 Å². The van der Waals surface area contributed by atoms with Gasteiger partial charge in [0.05, 0.1) is 12.2 Å². The molecule has 0 amide bonds. The molecule has 0 aromatic heterocycles. The fraction of sp³-hybridized carbons (Fsp3) is 1.00. The summed E-state index contributed by atoms with van der Waals surface area (Å²) >= 11 is 0. The quantitative estimate of drug-likeness (QED) is 0.732. The summed E-state index contributed by atoms with van der Waals surface area (Å²) in [5.74, 6) is 0. The molecule has 78 valence electrons. The minimum atomic E-state index is 0. The maximum absolute atomic E-state index is 5.91. The van der Waals surface area contributed by atoms with Crippen molar-refractivity contribution in [1.29, 1.82) is 0 Å². The van der Waals surface area contributed by atoms with Gasteiger partial charge in [0, 0.05) is 19.8 Å². The lowest BCUT2D eigenvalue weighted by Crippen LogP contribution is -2.29. The van der Waals surface area contributed by atoms with Gasteiger partial charge in [0.15, 0.2) is 0 Å². The van der Waals surface area contributed by atoms with E-state index in [1.165, 1.54) is 6.42 Å². The normalized spacial score (nSPS) is 30.0. The lowest BCUT2D eigenvalue weighted by molar-refractivity contribution is -0.0613. The van der Waals surface area contributed by atoms with Gasteiger partial charge >= 0.3 is 0 Å². The minimum Gasteiger partial charge on any atom is -0.381 e. The van der Waals surface area contributed by atoms with E-state index in [2.05, 4.69) is 5.32 Å². The van der Waals surface area contributed by atoms with Crippen LogP contribution in [-0.2, 0) is 9.47 Å². The highest BCUT2D eigenvalue weighted by atomic mass is 35.5. The molecule has 0 spiro atoms. The predicted molar refractivity (Wildman–Crippen MR) is 53.4 cm³/mol. The Hall–Kier alpha value is 0.170. The highest BCUT2D eigenvalue weighted by Gasteiger charge is 2.21. The third kappa shape index (κ3) is 3.43. The fourth-order valence-corrected chi connectivity index (χ4v) is 1.83. The number of ether oxygens (including phenoxy) is 2. The van der Waals surface area contributed by atoms with Crippen molar-refractivity contribution >= 4 is 12.4 Å². The Morgan fingerprint density at radius 2 is 1.85 bits per heavy atom. The monoisotopic (exact) mass is 207 g/mol. The molecule has 0 bridgehead atoms. The average Bonchev–Trinajstić information content (AvgIpc) is 2.59. The molecule has 1 N–H and O–H groups in total. The van der Waals surface area contributed by atoms with E-state index in [0.29, 0.717) is 12.2 Å². The van der Waals surface area contributed by atoms with Crippen molar-refractivity contribution in [1.82, 2.24) is 5.32 Å². The summed E-state index contributed by atoms with van der Waals surface area (Å²) in [5.41, 5.74) is 0. The summed E-state index contributed by atoms with van der Waals surface area (Å²) in [6.45, 7) is 3.92. The van der Waals surface area contributed by atoms with Crippen molar-refractivity contribution < 1.29 is 9.47 Å². The van der Waals surface area contributed by atoms with Crippen molar-refractivity contribution in [3.05, 3.63) is 0 Å². The third-order valence-corrected chi connectivity index (χ3v) is 2.57. The van der Waals surface area contributed by atoms with Gasteiger partial charge in [0.1, 0.15) is 0 Å². The first-order valence-corrected chi connectivity index (χ1v) is 4.89. The number of hydrogen-bond donors (Lipinski definition) is 1. The second kappa shape index (κ2) is 5.81. The molecule has 0 aromatic rings. The molecule has 1 atom stereocenters. The first-order valence-electron chi connectivity index (χ1n) is 4.89. The Morgan fingerprint density at radius 3 is 2.46 bits per heavy atom. The highest BCUT2D eigenvalue weighted by Crippen LogP contribution is 2.15. The van der Waals surface area contributed by atoms with Crippen LogP contribution in [0.25, 0.3) is 0 Å². The lowest BCUT2D eigenvalue weighted by Gasteiger charge is -2.25. The van der Waals surface area contributed by atoms with E-state index in [4.69, 9.17) is 9.47 Å². The van der Waals surface area contributed by atoms with Gasteiger partial charge in [-0.3, -0.25) is 0 Å². The molecule has 4 heteroatoms. The van der Waals surface area contributed by atoms with Gasteiger partial charge in [-0.05, 0) is 25.8 Å². The number of halogens is 1. The van der Waals surface area contributed by atoms with E-state index >= 15 is 0 Å². The summed E-state index contributed by atoms with van der Waals surface area (Å²) < 4.78 is 11.2. The molecule has 2 aliphatic heterocycles. The molecule has 3 nitrogen and oxygen atoms in total. The summed E-state index contributed by atoms with van der Waals surface area (Å²) in [6, 6.07) is 0. The second-order valence-electron chi connectivity index (χ2n) is 3.56. The summed E-state index contributed by atoms with van der Waals surface area (Å²) in [5, 5.41) is 3.31.